The Morgan fingerprint density at radius 1 is 1.26 bits per heavy atom. The van der Waals surface area contributed by atoms with Gasteiger partial charge in [-0.05, 0) is 49.1 Å². The third-order valence-electron chi connectivity index (χ3n) is 4.61. The fraction of sp³-hybridized carbons (Fsp3) is 0.316. The first-order valence-corrected chi connectivity index (χ1v) is 10.5. The molecule has 0 spiro atoms. The molecule has 2 aromatic carbocycles. The molecule has 2 aromatic rings. The summed E-state index contributed by atoms with van der Waals surface area (Å²) in [4.78, 5) is 13.4. The number of hydrogen-bond acceptors (Lipinski definition) is 4. The Morgan fingerprint density at radius 3 is 2.67 bits per heavy atom. The smallest absolute Gasteiger partial charge is 0.335 e. The summed E-state index contributed by atoms with van der Waals surface area (Å²) in [6.45, 7) is 3.72. The molecule has 1 aliphatic heterocycles. The van der Waals surface area contributed by atoms with Crippen molar-refractivity contribution >= 4 is 39.0 Å². The summed E-state index contributed by atoms with van der Waals surface area (Å²) in [7, 11) is -3.96. The van der Waals surface area contributed by atoms with Crippen LogP contribution in [-0.2, 0) is 10.0 Å². The molecule has 1 aliphatic rings. The third kappa shape index (κ3) is 4.36. The quantitative estimate of drug-likeness (QED) is 0.778. The molecule has 27 heavy (non-hydrogen) atoms. The van der Waals surface area contributed by atoms with Crippen LogP contribution >= 0.6 is 11.6 Å². The summed E-state index contributed by atoms with van der Waals surface area (Å²) in [5.74, 6) is -0.641. The molecule has 0 unspecified atom stereocenters. The SMILES string of the molecule is C[C@H]1CCCN(c2ccc(C(=O)O)cc2NS(=O)(=O)c2ccccc2Cl)C1. The Morgan fingerprint density at radius 2 is 2.00 bits per heavy atom. The van der Waals surface area contributed by atoms with Crippen LogP contribution in [0.1, 0.15) is 30.1 Å². The van der Waals surface area contributed by atoms with Gasteiger partial charge in [0.25, 0.3) is 10.0 Å². The van der Waals surface area contributed by atoms with Crippen molar-refractivity contribution in [1.29, 1.82) is 0 Å². The second-order valence-electron chi connectivity index (χ2n) is 6.77. The van der Waals surface area contributed by atoms with Crippen molar-refractivity contribution in [1.82, 2.24) is 0 Å². The third-order valence-corrected chi connectivity index (χ3v) is 6.48. The molecule has 0 saturated carbocycles. The van der Waals surface area contributed by atoms with E-state index in [2.05, 4.69) is 16.5 Å². The molecule has 1 fully saturated rings. The summed E-state index contributed by atoms with van der Waals surface area (Å²) in [6.07, 6.45) is 2.11. The zero-order valence-corrected chi connectivity index (χ0v) is 16.4. The Labute approximate surface area is 163 Å². The number of sulfonamides is 1. The van der Waals surface area contributed by atoms with Crippen LogP contribution in [0.3, 0.4) is 0 Å². The zero-order chi connectivity index (χ0) is 19.6. The minimum atomic E-state index is -3.96. The van der Waals surface area contributed by atoms with E-state index < -0.39 is 16.0 Å². The van der Waals surface area contributed by atoms with Gasteiger partial charge in [0.15, 0.2) is 0 Å². The summed E-state index contributed by atoms with van der Waals surface area (Å²) in [5.41, 5.74) is 0.923. The van der Waals surface area contributed by atoms with Gasteiger partial charge in [0.1, 0.15) is 4.90 Å². The number of carbonyl (C=O) groups is 1. The molecule has 0 aromatic heterocycles. The van der Waals surface area contributed by atoms with Crippen molar-refractivity contribution in [2.45, 2.75) is 24.7 Å². The monoisotopic (exact) mass is 408 g/mol. The highest BCUT2D eigenvalue weighted by molar-refractivity contribution is 7.92. The highest BCUT2D eigenvalue weighted by Gasteiger charge is 2.24. The average molecular weight is 409 g/mol. The number of benzene rings is 2. The summed E-state index contributed by atoms with van der Waals surface area (Å²) >= 11 is 6.04. The summed E-state index contributed by atoms with van der Waals surface area (Å²) in [6, 6.07) is 10.6. The predicted molar refractivity (Wildman–Crippen MR) is 106 cm³/mol. The maximum absolute atomic E-state index is 12.8. The van der Waals surface area contributed by atoms with Gasteiger partial charge in [-0.3, -0.25) is 4.72 Å². The lowest BCUT2D eigenvalue weighted by molar-refractivity contribution is 0.0697. The number of halogens is 1. The van der Waals surface area contributed by atoms with Gasteiger partial charge in [-0.15, -0.1) is 0 Å². The molecule has 1 atom stereocenters. The van der Waals surface area contributed by atoms with Gasteiger partial charge >= 0.3 is 5.97 Å². The Bertz CT molecular complexity index is 962. The van der Waals surface area contributed by atoms with E-state index in [1.54, 1.807) is 18.2 Å². The topological polar surface area (TPSA) is 86.7 Å². The standard InChI is InChI=1S/C19H21ClN2O4S/c1-13-5-4-10-22(12-13)17-9-8-14(19(23)24)11-16(17)21-27(25,26)18-7-3-2-6-15(18)20/h2-3,6-9,11,13,21H,4-5,10,12H2,1H3,(H,23,24)/t13-/m0/s1. The number of rotatable bonds is 5. The van der Waals surface area contributed by atoms with Crippen molar-refractivity contribution in [3.63, 3.8) is 0 Å². The molecule has 0 bridgehead atoms. The van der Waals surface area contributed by atoms with Gasteiger partial charge < -0.3 is 10.0 Å². The number of carboxylic acids is 1. The molecule has 6 nitrogen and oxygen atoms in total. The molecule has 8 heteroatoms. The van der Waals surface area contributed by atoms with Gasteiger partial charge in [0.05, 0.1) is 22.0 Å². The Kier molecular flexibility index (Phi) is 5.62. The summed E-state index contributed by atoms with van der Waals surface area (Å²) in [5, 5.41) is 9.40. The van der Waals surface area contributed by atoms with E-state index in [9.17, 15) is 18.3 Å². The first kappa shape index (κ1) is 19.5. The van der Waals surface area contributed by atoms with Crippen molar-refractivity contribution in [3.05, 3.63) is 53.1 Å². The molecule has 1 saturated heterocycles. The van der Waals surface area contributed by atoms with E-state index in [-0.39, 0.29) is 21.2 Å². The highest BCUT2D eigenvalue weighted by atomic mass is 35.5. The minimum absolute atomic E-state index is 0.0145. The van der Waals surface area contributed by atoms with E-state index in [1.165, 1.54) is 24.3 Å². The molecule has 144 valence electrons. The number of nitrogens with one attached hydrogen (secondary N) is 1. The predicted octanol–water partition coefficient (Wildman–Crippen LogP) is 4.08. The van der Waals surface area contributed by atoms with Crippen molar-refractivity contribution in [2.75, 3.05) is 22.7 Å². The number of hydrogen-bond donors (Lipinski definition) is 2. The number of aromatic carboxylic acids is 1. The molecular weight excluding hydrogens is 388 g/mol. The minimum Gasteiger partial charge on any atom is -0.478 e. The van der Waals surface area contributed by atoms with Crippen LogP contribution in [0.15, 0.2) is 47.4 Å². The fourth-order valence-corrected chi connectivity index (χ4v) is 4.88. The number of carboxylic acid groups (broad SMARTS) is 1. The lowest BCUT2D eigenvalue weighted by Gasteiger charge is -2.34. The first-order chi connectivity index (χ1) is 12.8. The van der Waals surface area contributed by atoms with E-state index in [0.717, 1.165) is 25.9 Å². The Balaban J connectivity index is 2.03. The fourth-order valence-electron chi connectivity index (χ4n) is 3.30. The van der Waals surface area contributed by atoms with E-state index in [4.69, 9.17) is 11.6 Å². The van der Waals surface area contributed by atoms with E-state index in [1.807, 2.05) is 0 Å². The van der Waals surface area contributed by atoms with Crippen LogP contribution in [-0.4, -0.2) is 32.6 Å². The molecule has 0 radical (unpaired) electrons. The molecular formula is C19H21ClN2O4S. The van der Waals surface area contributed by atoms with Gasteiger partial charge in [0, 0.05) is 13.1 Å². The molecule has 1 heterocycles. The van der Waals surface area contributed by atoms with Crippen LogP contribution in [0.25, 0.3) is 0 Å². The highest BCUT2D eigenvalue weighted by Crippen LogP contribution is 2.33. The number of nitrogens with zero attached hydrogens (tertiary/aromatic N) is 1. The zero-order valence-electron chi connectivity index (χ0n) is 14.9. The maximum Gasteiger partial charge on any atom is 0.335 e. The van der Waals surface area contributed by atoms with Gasteiger partial charge in [-0.25, -0.2) is 13.2 Å². The van der Waals surface area contributed by atoms with Gasteiger partial charge in [-0.1, -0.05) is 30.7 Å². The van der Waals surface area contributed by atoms with Crippen LogP contribution in [0.4, 0.5) is 11.4 Å². The second-order valence-corrected chi connectivity index (χ2v) is 8.82. The molecule has 0 amide bonds. The second kappa shape index (κ2) is 7.78. The van der Waals surface area contributed by atoms with Crippen LogP contribution in [0.2, 0.25) is 5.02 Å². The lowest BCUT2D eigenvalue weighted by atomic mass is 9.99. The normalized spacial score (nSPS) is 17.6. The molecule has 3 rings (SSSR count). The van der Waals surface area contributed by atoms with Crippen molar-refractivity contribution in [3.8, 4) is 0 Å². The number of piperidine rings is 1. The van der Waals surface area contributed by atoms with Gasteiger partial charge in [0.2, 0.25) is 0 Å². The van der Waals surface area contributed by atoms with E-state index in [0.29, 0.717) is 11.6 Å². The van der Waals surface area contributed by atoms with E-state index >= 15 is 0 Å². The van der Waals surface area contributed by atoms with Crippen LogP contribution in [0.5, 0.6) is 0 Å². The molecule has 2 N–H and O–H groups in total. The van der Waals surface area contributed by atoms with Crippen molar-refractivity contribution in [2.24, 2.45) is 5.92 Å². The lowest BCUT2D eigenvalue weighted by Crippen LogP contribution is -2.35. The maximum atomic E-state index is 12.8. The number of anilines is 2. The summed E-state index contributed by atoms with van der Waals surface area (Å²) < 4.78 is 28.2. The van der Waals surface area contributed by atoms with Crippen molar-refractivity contribution < 1.29 is 18.3 Å². The first-order valence-electron chi connectivity index (χ1n) is 8.67. The average Bonchev–Trinajstić information content (AvgIpc) is 2.61. The largest absolute Gasteiger partial charge is 0.478 e. The Hall–Kier alpha value is -2.25. The van der Waals surface area contributed by atoms with Crippen LogP contribution in [0, 0.1) is 5.92 Å². The van der Waals surface area contributed by atoms with Gasteiger partial charge in [-0.2, -0.15) is 0 Å². The van der Waals surface area contributed by atoms with Crippen LogP contribution < -0.4 is 9.62 Å². The molecule has 0 aliphatic carbocycles.